The normalized spacial score (nSPS) is 18.9. The van der Waals surface area contributed by atoms with Gasteiger partial charge in [0.15, 0.2) is 0 Å². The van der Waals surface area contributed by atoms with E-state index in [1.165, 1.54) is 0 Å². The summed E-state index contributed by atoms with van der Waals surface area (Å²) in [6.07, 6.45) is 2.14. The lowest BCUT2D eigenvalue weighted by Gasteiger charge is -2.43. The van der Waals surface area contributed by atoms with Crippen LogP contribution >= 0.6 is 0 Å². The average molecular weight is 411 g/mol. The van der Waals surface area contributed by atoms with E-state index in [0.29, 0.717) is 19.1 Å². The van der Waals surface area contributed by atoms with Crippen LogP contribution in [0.3, 0.4) is 0 Å². The predicted octanol–water partition coefficient (Wildman–Crippen LogP) is 3.06. The van der Waals surface area contributed by atoms with E-state index in [9.17, 15) is 9.59 Å². The molecule has 0 aliphatic carbocycles. The smallest absolute Gasteiger partial charge is 0.237 e. The fraction of sp³-hybridized carbons (Fsp3) is 0.913. The van der Waals surface area contributed by atoms with E-state index in [2.05, 4.69) is 72.1 Å². The summed E-state index contributed by atoms with van der Waals surface area (Å²) in [5.41, 5.74) is 0. The van der Waals surface area contributed by atoms with Crippen LogP contribution in [0, 0.1) is 0 Å². The summed E-state index contributed by atoms with van der Waals surface area (Å²) in [5, 5.41) is 0. The van der Waals surface area contributed by atoms with Crippen LogP contribution in [0.2, 0.25) is 0 Å². The molecule has 29 heavy (non-hydrogen) atoms. The summed E-state index contributed by atoms with van der Waals surface area (Å²) in [6.45, 7) is 22.3. The Labute approximate surface area is 179 Å². The molecule has 0 N–H and O–H groups in total. The van der Waals surface area contributed by atoms with Crippen molar-refractivity contribution in [2.45, 2.75) is 105 Å². The number of rotatable bonds is 10. The first-order valence-electron chi connectivity index (χ1n) is 11.6. The van der Waals surface area contributed by atoms with E-state index >= 15 is 0 Å². The molecule has 0 saturated carbocycles. The van der Waals surface area contributed by atoms with Crippen LogP contribution in [0.15, 0.2) is 0 Å². The van der Waals surface area contributed by atoms with Gasteiger partial charge in [0.2, 0.25) is 11.8 Å². The summed E-state index contributed by atoms with van der Waals surface area (Å²) in [5.74, 6) is 0.423. The molecular weight excluding hydrogens is 364 g/mol. The number of nitrogens with zero attached hydrogens (tertiary/aromatic N) is 4. The van der Waals surface area contributed by atoms with Gasteiger partial charge in [-0.15, -0.1) is 0 Å². The second-order valence-electron chi connectivity index (χ2n) is 9.63. The summed E-state index contributed by atoms with van der Waals surface area (Å²) in [7, 11) is 0. The average Bonchev–Trinajstić information content (AvgIpc) is 2.55. The summed E-state index contributed by atoms with van der Waals surface area (Å²) in [6, 6.07) is 1.18. The van der Waals surface area contributed by atoms with Gasteiger partial charge in [-0.3, -0.25) is 19.4 Å². The maximum atomic E-state index is 13.0. The van der Waals surface area contributed by atoms with Crippen molar-refractivity contribution in [3.05, 3.63) is 0 Å². The molecule has 0 aromatic carbocycles. The number of carbonyl (C=O) groups excluding carboxylic acids is 2. The van der Waals surface area contributed by atoms with Crippen LogP contribution in [0.1, 0.15) is 75.2 Å². The molecule has 0 aromatic heterocycles. The number of carbonyl (C=O) groups is 2. The number of hydrogen-bond donors (Lipinski definition) is 0. The van der Waals surface area contributed by atoms with Gasteiger partial charge in [0, 0.05) is 49.8 Å². The highest BCUT2D eigenvalue weighted by atomic mass is 16.2. The Morgan fingerprint density at radius 1 is 0.793 bits per heavy atom. The molecule has 0 aromatic rings. The molecule has 1 fully saturated rings. The number of hydrogen-bond acceptors (Lipinski definition) is 4. The van der Waals surface area contributed by atoms with Gasteiger partial charge in [0.05, 0.1) is 13.1 Å². The Kier molecular flexibility index (Phi) is 10.6. The Morgan fingerprint density at radius 2 is 1.24 bits per heavy atom. The molecule has 0 unspecified atom stereocenters. The van der Waals surface area contributed by atoms with Gasteiger partial charge in [-0.25, -0.2) is 0 Å². The van der Waals surface area contributed by atoms with Crippen LogP contribution in [0.5, 0.6) is 0 Å². The SMILES string of the molecule is CCC[C@H]1CN(CC(=O)N(C(C)C)C(C)C)CCN1CC(=O)N(C(C)C)C(C)C. The first-order valence-corrected chi connectivity index (χ1v) is 11.6. The van der Waals surface area contributed by atoms with Gasteiger partial charge >= 0.3 is 0 Å². The van der Waals surface area contributed by atoms with E-state index in [0.717, 1.165) is 32.5 Å². The highest BCUT2D eigenvalue weighted by molar-refractivity contribution is 5.79. The standard InChI is InChI=1S/C23H46N4O2/c1-10-11-21-14-24(15-22(28)26(17(2)3)18(4)5)12-13-25(21)16-23(29)27(19(6)7)20(8)9/h17-21H,10-16H2,1-9H3/t21-/m0/s1. The van der Waals surface area contributed by atoms with Crippen molar-refractivity contribution < 1.29 is 9.59 Å². The third-order valence-corrected chi connectivity index (χ3v) is 5.81. The zero-order chi connectivity index (χ0) is 22.3. The molecule has 1 aliphatic heterocycles. The summed E-state index contributed by atoms with van der Waals surface area (Å²) >= 11 is 0. The van der Waals surface area contributed by atoms with Crippen molar-refractivity contribution >= 4 is 11.8 Å². The van der Waals surface area contributed by atoms with Gasteiger partial charge in [0.25, 0.3) is 0 Å². The van der Waals surface area contributed by atoms with Crippen LogP contribution in [0.25, 0.3) is 0 Å². The van der Waals surface area contributed by atoms with Crippen LogP contribution < -0.4 is 0 Å². The zero-order valence-electron chi connectivity index (χ0n) is 20.4. The van der Waals surface area contributed by atoms with Crippen molar-refractivity contribution in [3.8, 4) is 0 Å². The highest BCUT2D eigenvalue weighted by Gasteiger charge is 2.32. The van der Waals surface area contributed by atoms with Gasteiger partial charge in [0.1, 0.15) is 0 Å². The first kappa shape index (κ1) is 25.9. The Bertz CT molecular complexity index is 503. The monoisotopic (exact) mass is 410 g/mol. The van der Waals surface area contributed by atoms with Crippen molar-refractivity contribution in [2.24, 2.45) is 0 Å². The van der Waals surface area contributed by atoms with Crippen LogP contribution in [-0.2, 0) is 9.59 Å². The summed E-state index contributed by atoms with van der Waals surface area (Å²) < 4.78 is 0. The minimum absolute atomic E-state index is 0.209. The molecule has 1 rings (SSSR count). The fourth-order valence-corrected chi connectivity index (χ4v) is 4.79. The molecule has 0 bridgehead atoms. The molecule has 0 spiro atoms. The van der Waals surface area contributed by atoms with Crippen molar-refractivity contribution in [3.63, 3.8) is 0 Å². The Hall–Kier alpha value is -1.14. The molecule has 1 aliphatic rings. The predicted molar refractivity (Wildman–Crippen MR) is 121 cm³/mol. The number of piperazine rings is 1. The van der Waals surface area contributed by atoms with Crippen molar-refractivity contribution in [1.82, 2.24) is 19.6 Å². The lowest BCUT2D eigenvalue weighted by molar-refractivity contribution is -0.140. The van der Waals surface area contributed by atoms with E-state index in [-0.39, 0.29) is 36.0 Å². The maximum absolute atomic E-state index is 13.0. The second-order valence-corrected chi connectivity index (χ2v) is 9.63. The van der Waals surface area contributed by atoms with Gasteiger partial charge < -0.3 is 9.80 Å². The molecule has 1 atom stereocenters. The minimum atomic E-state index is 0.209. The lowest BCUT2D eigenvalue weighted by Crippen LogP contribution is -2.58. The van der Waals surface area contributed by atoms with E-state index in [1.54, 1.807) is 0 Å². The van der Waals surface area contributed by atoms with E-state index < -0.39 is 0 Å². The van der Waals surface area contributed by atoms with Gasteiger partial charge in [-0.1, -0.05) is 13.3 Å². The lowest BCUT2D eigenvalue weighted by atomic mass is 10.1. The van der Waals surface area contributed by atoms with E-state index in [1.807, 2.05) is 9.80 Å². The third-order valence-electron chi connectivity index (χ3n) is 5.81. The molecule has 2 amide bonds. The topological polar surface area (TPSA) is 47.1 Å². The highest BCUT2D eigenvalue weighted by Crippen LogP contribution is 2.17. The van der Waals surface area contributed by atoms with Gasteiger partial charge in [-0.05, 0) is 61.8 Å². The van der Waals surface area contributed by atoms with Crippen LogP contribution in [0.4, 0.5) is 0 Å². The fourth-order valence-electron chi connectivity index (χ4n) is 4.79. The van der Waals surface area contributed by atoms with Crippen molar-refractivity contribution in [1.29, 1.82) is 0 Å². The maximum Gasteiger partial charge on any atom is 0.237 e. The summed E-state index contributed by atoms with van der Waals surface area (Å²) in [4.78, 5) is 34.4. The number of amides is 2. The van der Waals surface area contributed by atoms with Crippen molar-refractivity contribution in [2.75, 3.05) is 32.7 Å². The third kappa shape index (κ3) is 7.56. The molecule has 6 nitrogen and oxygen atoms in total. The molecule has 1 heterocycles. The molecule has 170 valence electrons. The largest absolute Gasteiger partial charge is 0.337 e. The molecule has 0 radical (unpaired) electrons. The Balaban J connectivity index is 2.77. The minimum Gasteiger partial charge on any atom is -0.337 e. The molecular formula is C23H46N4O2. The molecule has 1 saturated heterocycles. The zero-order valence-corrected chi connectivity index (χ0v) is 20.4. The first-order chi connectivity index (χ1) is 13.5. The van der Waals surface area contributed by atoms with Gasteiger partial charge in [-0.2, -0.15) is 0 Å². The molecule has 6 heteroatoms. The quantitative estimate of drug-likeness (QED) is 0.555. The second kappa shape index (κ2) is 11.9. The van der Waals surface area contributed by atoms with E-state index in [4.69, 9.17) is 0 Å². The van der Waals surface area contributed by atoms with Crippen LogP contribution in [-0.4, -0.2) is 94.3 Å². The Morgan fingerprint density at radius 3 is 1.66 bits per heavy atom.